The number of fused-ring (bicyclic) bond motifs is 1. The number of methoxy groups -OCH3 is 1. The van der Waals surface area contributed by atoms with Crippen molar-refractivity contribution in [2.45, 2.75) is 39.0 Å². The van der Waals surface area contributed by atoms with Crippen molar-refractivity contribution in [3.05, 3.63) is 40.9 Å². The summed E-state index contributed by atoms with van der Waals surface area (Å²) in [5.74, 6) is 0.671. The molecular formula is C21H22ClF3N2O3. The maximum atomic E-state index is 12.4. The molecule has 0 fully saturated rings. The van der Waals surface area contributed by atoms with Crippen LogP contribution in [-0.4, -0.2) is 23.0 Å². The normalized spacial score (nSPS) is 11.9. The summed E-state index contributed by atoms with van der Waals surface area (Å²) in [5, 5.41) is -0.0315. The molecule has 0 aliphatic rings. The third-order valence-corrected chi connectivity index (χ3v) is 5.25. The molecule has 0 bridgehead atoms. The van der Waals surface area contributed by atoms with Gasteiger partial charge in [-0.2, -0.15) is 4.98 Å². The minimum absolute atomic E-state index is 0.0315. The lowest BCUT2D eigenvalue weighted by atomic mass is 9.92. The third-order valence-electron chi connectivity index (χ3n) is 4.96. The number of imidazole rings is 1. The molecule has 0 spiro atoms. The van der Waals surface area contributed by atoms with Gasteiger partial charge in [0.15, 0.2) is 0 Å². The van der Waals surface area contributed by atoms with Gasteiger partial charge in [0.1, 0.15) is 22.8 Å². The highest BCUT2D eigenvalue weighted by molar-refractivity contribution is 6.32. The zero-order valence-electron chi connectivity index (χ0n) is 17.0. The van der Waals surface area contributed by atoms with Crippen molar-refractivity contribution in [2.24, 2.45) is 7.05 Å². The predicted octanol–water partition coefficient (Wildman–Crippen LogP) is 6.83. The average Bonchev–Trinajstić information content (AvgIpc) is 3.00. The van der Waals surface area contributed by atoms with E-state index in [0.29, 0.717) is 17.2 Å². The van der Waals surface area contributed by atoms with Gasteiger partial charge in [-0.1, -0.05) is 31.5 Å². The summed E-state index contributed by atoms with van der Waals surface area (Å²) in [4.78, 5) is 4.56. The lowest BCUT2D eigenvalue weighted by Gasteiger charge is -2.16. The number of halogens is 4. The fraction of sp³-hybridized carbons (Fsp3) is 0.381. The third kappa shape index (κ3) is 4.43. The van der Waals surface area contributed by atoms with Crippen LogP contribution in [0, 0.1) is 0 Å². The first-order valence-corrected chi connectivity index (χ1v) is 9.82. The number of nitrogens with zero attached hydrogens (tertiary/aromatic N) is 2. The van der Waals surface area contributed by atoms with Gasteiger partial charge in [0.05, 0.1) is 17.6 Å². The van der Waals surface area contributed by atoms with Crippen molar-refractivity contribution in [3.8, 4) is 23.3 Å². The molecule has 0 N–H and O–H groups in total. The Kier molecular flexibility index (Phi) is 6.36. The van der Waals surface area contributed by atoms with Gasteiger partial charge < -0.3 is 14.2 Å². The maximum Gasteiger partial charge on any atom is 0.573 e. The Bertz CT molecular complexity index is 1050. The Balaban J connectivity index is 2.03. The van der Waals surface area contributed by atoms with Gasteiger partial charge in [0.2, 0.25) is 0 Å². The van der Waals surface area contributed by atoms with Gasteiger partial charge in [-0.05, 0) is 42.5 Å². The second-order valence-corrected chi connectivity index (χ2v) is 7.17. The summed E-state index contributed by atoms with van der Waals surface area (Å²) < 4.78 is 54.2. The first-order valence-electron chi connectivity index (χ1n) is 9.44. The Morgan fingerprint density at radius 2 is 1.77 bits per heavy atom. The van der Waals surface area contributed by atoms with Crippen molar-refractivity contribution in [2.75, 3.05) is 7.11 Å². The monoisotopic (exact) mass is 442 g/mol. The van der Waals surface area contributed by atoms with E-state index in [1.54, 1.807) is 11.7 Å². The zero-order chi connectivity index (χ0) is 22.1. The molecule has 0 saturated carbocycles. The molecule has 0 saturated heterocycles. The summed E-state index contributed by atoms with van der Waals surface area (Å²) in [6.07, 6.45) is -2.87. The molecule has 0 unspecified atom stereocenters. The highest BCUT2D eigenvalue weighted by Crippen LogP contribution is 2.39. The second kappa shape index (κ2) is 8.63. The SMILES string of the molecule is CCC(CC)c1ccc(OC)c2nc(Oc3ccc(OC(F)(F)F)cc3Cl)n(C)c12. The number of hydrogen-bond donors (Lipinski definition) is 0. The van der Waals surface area contributed by atoms with Crippen LogP contribution in [0.1, 0.15) is 38.2 Å². The van der Waals surface area contributed by atoms with Gasteiger partial charge in [0.25, 0.3) is 0 Å². The summed E-state index contributed by atoms with van der Waals surface area (Å²) in [6, 6.07) is 7.63. The molecule has 5 nitrogen and oxygen atoms in total. The Morgan fingerprint density at radius 3 is 2.33 bits per heavy atom. The standard InChI is InChI=1S/C21H22ClF3N2O3/c1-5-12(6-2)14-8-10-17(28-4)18-19(14)27(3)20(26-18)29-16-9-7-13(11-15(16)22)30-21(23,24)25/h7-12H,5-6H2,1-4H3. The smallest absolute Gasteiger partial charge is 0.494 e. The first-order chi connectivity index (χ1) is 14.2. The highest BCUT2D eigenvalue weighted by Gasteiger charge is 2.31. The summed E-state index contributed by atoms with van der Waals surface area (Å²) in [6.45, 7) is 4.25. The molecule has 0 aliphatic heterocycles. The van der Waals surface area contributed by atoms with E-state index in [-0.39, 0.29) is 16.8 Å². The number of aromatic nitrogens is 2. The van der Waals surface area contributed by atoms with Gasteiger partial charge in [-0.15, -0.1) is 13.2 Å². The van der Waals surface area contributed by atoms with Crippen molar-refractivity contribution in [1.82, 2.24) is 9.55 Å². The molecule has 1 aromatic heterocycles. The lowest BCUT2D eigenvalue weighted by Crippen LogP contribution is -2.17. The number of ether oxygens (including phenoxy) is 3. The van der Waals surface area contributed by atoms with E-state index < -0.39 is 12.1 Å². The van der Waals surface area contributed by atoms with Crippen LogP contribution in [0.3, 0.4) is 0 Å². The van der Waals surface area contributed by atoms with Crippen molar-refractivity contribution in [3.63, 3.8) is 0 Å². The maximum absolute atomic E-state index is 12.4. The van der Waals surface area contributed by atoms with E-state index in [9.17, 15) is 13.2 Å². The van der Waals surface area contributed by atoms with Crippen LogP contribution in [-0.2, 0) is 7.05 Å². The Hall–Kier alpha value is -2.61. The van der Waals surface area contributed by atoms with E-state index in [0.717, 1.165) is 36.1 Å². The molecule has 30 heavy (non-hydrogen) atoms. The molecule has 9 heteroatoms. The number of rotatable bonds is 7. The van der Waals surface area contributed by atoms with Crippen LogP contribution in [0.15, 0.2) is 30.3 Å². The van der Waals surface area contributed by atoms with E-state index in [2.05, 4.69) is 23.6 Å². The molecule has 0 amide bonds. The predicted molar refractivity (Wildman–Crippen MR) is 109 cm³/mol. The van der Waals surface area contributed by atoms with Crippen LogP contribution < -0.4 is 14.2 Å². The van der Waals surface area contributed by atoms with Crippen LogP contribution >= 0.6 is 11.6 Å². The molecule has 162 valence electrons. The van der Waals surface area contributed by atoms with Crippen LogP contribution in [0.4, 0.5) is 13.2 Å². The minimum atomic E-state index is -4.80. The van der Waals surface area contributed by atoms with Crippen LogP contribution in [0.2, 0.25) is 5.02 Å². The van der Waals surface area contributed by atoms with Crippen LogP contribution in [0.5, 0.6) is 23.3 Å². The summed E-state index contributed by atoms with van der Waals surface area (Å²) in [7, 11) is 3.38. The van der Waals surface area contributed by atoms with Crippen LogP contribution in [0.25, 0.3) is 11.0 Å². The van der Waals surface area contributed by atoms with Crippen molar-refractivity contribution in [1.29, 1.82) is 0 Å². The van der Waals surface area contributed by atoms with E-state index in [1.165, 1.54) is 6.07 Å². The lowest BCUT2D eigenvalue weighted by molar-refractivity contribution is -0.274. The van der Waals surface area contributed by atoms with Gasteiger partial charge >= 0.3 is 12.4 Å². The first kappa shape index (κ1) is 22.1. The number of benzene rings is 2. The Morgan fingerprint density at radius 1 is 1.10 bits per heavy atom. The zero-order valence-corrected chi connectivity index (χ0v) is 17.8. The molecule has 0 atom stereocenters. The average molecular weight is 443 g/mol. The van der Waals surface area contributed by atoms with Crippen molar-refractivity contribution < 1.29 is 27.4 Å². The molecule has 2 aromatic carbocycles. The van der Waals surface area contributed by atoms with Crippen molar-refractivity contribution >= 4 is 22.6 Å². The number of alkyl halides is 3. The topological polar surface area (TPSA) is 45.5 Å². The number of aryl methyl sites for hydroxylation is 1. The van der Waals surface area contributed by atoms with E-state index in [4.69, 9.17) is 21.1 Å². The van der Waals surface area contributed by atoms with E-state index in [1.807, 2.05) is 19.2 Å². The highest BCUT2D eigenvalue weighted by atomic mass is 35.5. The summed E-state index contributed by atoms with van der Waals surface area (Å²) >= 11 is 6.11. The molecule has 3 aromatic rings. The van der Waals surface area contributed by atoms with Gasteiger partial charge in [-0.25, -0.2) is 0 Å². The molecule has 1 heterocycles. The molecule has 0 radical (unpaired) electrons. The van der Waals surface area contributed by atoms with Gasteiger partial charge in [0, 0.05) is 13.1 Å². The largest absolute Gasteiger partial charge is 0.573 e. The quantitative estimate of drug-likeness (QED) is 0.402. The minimum Gasteiger partial charge on any atom is -0.494 e. The van der Waals surface area contributed by atoms with Gasteiger partial charge in [-0.3, -0.25) is 4.57 Å². The van der Waals surface area contributed by atoms with E-state index >= 15 is 0 Å². The molecular weight excluding hydrogens is 421 g/mol. The summed E-state index contributed by atoms with van der Waals surface area (Å²) in [5.41, 5.74) is 2.65. The number of hydrogen-bond acceptors (Lipinski definition) is 4. The second-order valence-electron chi connectivity index (χ2n) is 6.76. The molecule has 3 rings (SSSR count). The molecule has 0 aliphatic carbocycles. The Labute approximate surface area is 177 Å². The fourth-order valence-corrected chi connectivity index (χ4v) is 3.69. The fourth-order valence-electron chi connectivity index (χ4n) is 3.48.